The summed E-state index contributed by atoms with van der Waals surface area (Å²) in [6.45, 7) is 7.13. The van der Waals surface area contributed by atoms with Gasteiger partial charge >= 0.3 is 5.97 Å². The molecule has 0 saturated carbocycles. The molecule has 1 saturated heterocycles. The Balaban J connectivity index is 1.80. The lowest BCUT2D eigenvalue weighted by molar-refractivity contribution is -0.147. The minimum absolute atomic E-state index is 0.0342. The third-order valence-electron chi connectivity index (χ3n) is 4.62. The van der Waals surface area contributed by atoms with Crippen molar-refractivity contribution in [3.8, 4) is 11.5 Å². The molecule has 4 rings (SSSR count). The fourth-order valence-corrected chi connectivity index (χ4v) is 3.16. The van der Waals surface area contributed by atoms with Crippen LogP contribution in [0.25, 0.3) is 22.5 Å². The number of cyclic esters (lactones) is 1. The van der Waals surface area contributed by atoms with Gasteiger partial charge in [0, 0.05) is 31.1 Å². The molecular weight excluding hydrogens is 348 g/mol. The number of carbonyl (C=O) groups is 1. The van der Waals surface area contributed by atoms with Crippen LogP contribution in [0.15, 0.2) is 16.8 Å². The molecule has 4 heterocycles. The molecule has 0 radical (unpaired) electrons. The van der Waals surface area contributed by atoms with E-state index in [4.69, 9.17) is 9.15 Å². The van der Waals surface area contributed by atoms with Gasteiger partial charge in [0.25, 0.3) is 5.89 Å². The van der Waals surface area contributed by atoms with Gasteiger partial charge < -0.3 is 14.5 Å². The van der Waals surface area contributed by atoms with E-state index in [1.54, 1.807) is 12.4 Å². The van der Waals surface area contributed by atoms with Crippen molar-refractivity contribution in [3.05, 3.63) is 18.3 Å². The number of esters is 1. The highest BCUT2D eigenvalue weighted by Gasteiger charge is 2.25. The Labute approximate surface area is 156 Å². The Hall–Kier alpha value is -2.97. The average molecular weight is 370 g/mol. The molecule has 3 aromatic heterocycles. The van der Waals surface area contributed by atoms with Gasteiger partial charge in [-0.2, -0.15) is 5.10 Å². The molecule has 1 aliphatic rings. The lowest BCUT2D eigenvalue weighted by Gasteiger charge is -2.24. The molecule has 1 atom stereocenters. The first-order valence-corrected chi connectivity index (χ1v) is 9.17. The highest BCUT2D eigenvalue weighted by molar-refractivity contribution is 5.96. The summed E-state index contributed by atoms with van der Waals surface area (Å²) in [5.41, 5.74) is 2.28. The Bertz CT molecular complexity index is 977. The van der Waals surface area contributed by atoms with Crippen LogP contribution in [-0.4, -0.2) is 43.6 Å². The number of ether oxygens (including phenoxy) is 1. The molecule has 1 fully saturated rings. The number of carbonyl (C=O) groups excluding carboxylic acids is 1. The normalized spacial score (nSPS) is 17.5. The van der Waals surface area contributed by atoms with E-state index in [0.717, 1.165) is 23.1 Å². The molecule has 1 N–H and O–H groups in total. The van der Waals surface area contributed by atoms with Crippen molar-refractivity contribution in [3.63, 3.8) is 0 Å². The van der Waals surface area contributed by atoms with Crippen LogP contribution in [0.1, 0.15) is 45.4 Å². The van der Waals surface area contributed by atoms with Crippen LogP contribution in [0.3, 0.4) is 0 Å². The first-order valence-electron chi connectivity index (χ1n) is 9.17. The minimum atomic E-state index is -0.199. The van der Waals surface area contributed by atoms with Gasteiger partial charge in [-0.05, 0) is 6.92 Å². The second-order valence-electron chi connectivity index (χ2n) is 6.90. The summed E-state index contributed by atoms with van der Waals surface area (Å²) in [4.78, 5) is 16.2. The van der Waals surface area contributed by atoms with E-state index >= 15 is 0 Å². The van der Waals surface area contributed by atoms with Crippen LogP contribution in [-0.2, 0) is 16.1 Å². The number of nitrogens with zero attached hydrogens (tertiary/aromatic N) is 5. The van der Waals surface area contributed by atoms with Gasteiger partial charge in [-0.3, -0.25) is 4.79 Å². The number of nitrogens with one attached hydrogen (secondary N) is 1. The van der Waals surface area contributed by atoms with Gasteiger partial charge in [-0.25, -0.2) is 9.67 Å². The third-order valence-corrected chi connectivity index (χ3v) is 4.62. The Morgan fingerprint density at radius 1 is 1.33 bits per heavy atom. The summed E-state index contributed by atoms with van der Waals surface area (Å²) in [6, 6.07) is -0.0342. The van der Waals surface area contributed by atoms with Gasteiger partial charge in [-0.1, -0.05) is 13.8 Å². The van der Waals surface area contributed by atoms with Crippen molar-refractivity contribution in [1.82, 2.24) is 25.0 Å². The predicted octanol–water partition coefficient (Wildman–Crippen LogP) is 2.74. The molecular formula is C18H22N6O3. The Kier molecular flexibility index (Phi) is 4.51. The van der Waals surface area contributed by atoms with E-state index in [2.05, 4.69) is 25.6 Å². The highest BCUT2D eigenvalue weighted by atomic mass is 16.5. The summed E-state index contributed by atoms with van der Waals surface area (Å²) in [5, 5.41) is 17.1. The second kappa shape index (κ2) is 6.98. The Morgan fingerprint density at radius 2 is 2.19 bits per heavy atom. The Morgan fingerprint density at radius 3 is 2.89 bits per heavy atom. The molecule has 1 unspecified atom stereocenters. The van der Waals surface area contributed by atoms with Crippen LogP contribution >= 0.6 is 0 Å². The number of rotatable bonds is 5. The van der Waals surface area contributed by atoms with Crippen LogP contribution < -0.4 is 5.32 Å². The number of aromatic nitrogens is 5. The number of anilines is 1. The maximum absolute atomic E-state index is 11.7. The van der Waals surface area contributed by atoms with Crippen molar-refractivity contribution < 1.29 is 13.9 Å². The van der Waals surface area contributed by atoms with E-state index in [1.165, 1.54) is 0 Å². The number of hydrogen-bond acceptors (Lipinski definition) is 8. The standard InChI is InChI=1S/C18H22N6O3/c1-4-24-16-12(9-20-24)15(21-11-5-6-26-14(25)7-11)13(8-19-16)18-23-22-17(27-18)10(2)3/h8-11H,4-7H2,1-3H3,(H,19,21). The predicted molar refractivity (Wildman–Crippen MR) is 98.2 cm³/mol. The van der Waals surface area contributed by atoms with Gasteiger partial charge in [0.05, 0.1) is 35.9 Å². The number of pyridine rings is 1. The molecule has 27 heavy (non-hydrogen) atoms. The SMILES string of the molecule is CCn1ncc2c(NC3CCOC(=O)C3)c(-c3nnc(C(C)C)o3)cnc21. The number of aryl methyl sites for hydroxylation is 1. The van der Waals surface area contributed by atoms with Crippen LogP contribution in [0.4, 0.5) is 5.69 Å². The molecule has 9 nitrogen and oxygen atoms in total. The van der Waals surface area contributed by atoms with E-state index in [9.17, 15) is 4.79 Å². The molecule has 9 heteroatoms. The molecule has 0 aliphatic carbocycles. The van der Waals surface area contributed by atoms with E-state index < -0.39 is 0 Å². The van der Waals surface area contributed by atoms with Crippen molar-refractivity contribution in [1.29, 1.82) is 0 Å². The first kappa shape index (κ1) is 17.4. The minimum Gasteiger partial charge on any atom is -0.466 e. The highest BCUT2D eigenvalue weighted by Crippen LogP contribution is 2.35. The first-order chi connectivity index (χ1) is 13.1. The van der Waals surface area contributed by atoms with E-state index in [1.807, 2.05) is 25.5 Å². The quantitative estimate of drug-likeness (QED) is 0.683. The molecule has 1 aliphatic heterocycles. The maximum atomic E-state index is 11.7. The smallest absolute Gasteiger partial charge is 0.307 e. The average Bonchev–Trinajstić information content (AvgIpc) is 3.29. The van der Waals surface area contributed by atoms with Crippen molar-refractivity contribution in [2.45, 2.75) is 52.1 Å². The van der Waals surface area contributed by atoms with Crippen LogP contribution in [0.2, 0.25) is 0 Å². The monoisotopic (exact) mass is 370 g/mol. The maximum Gasteiger partial charge on any atom is 0.307 e. The molecule has 0 aromatic carbocycles. The number of hydrogen-bond donors (Lipinski definition) is 1. The van der Waals surface area contributed by atoms with Gasteiger partial charge in [0.15, 0.2) is 5.65 Å². The molecule has 0 bridgehead atoms. The van der Waals surface area contributed by atoms with Crippen molar-refractivity contribution >= 4 is 22.7 Å². The zero-order valence-electron chi connectivity index (χ0n) is 15.6. The van der Waals surface area contributed by atoms with Crippen LogP contribution in [0.5, 0.6) is 0 Å². The molecule has 0 spiro atoms. The van der Waals surface area contributed by atoms with E-state index in [0.29, 0.717) is 36.9 Å². The molecule has 0 amide bonds. The lowest BCUT2D eigenvalue weighted by atomic mass is 10.1. The second-order valence-corrected chi connectivity index (χ2v) is 6.90. The topological polar surface area (TPSA) is 108 Å². The van der Waals surface area contributed by atoms with Crippen LogP contribution in [0, 0.1) is 0 Å². The molecule has 3 aromatic rings. The lowest BCUT2D eigenvalue weighted by Crippen LogP contribution is -2.31. The van der Waals surface area contributed by atoms with Gasteiger partial charge in [-0.15, -0.1) is 10.2 Å². The van der Waals surface area contributed by atoms with Crippen molar-refractivity contribution in [2.24, 2.45) is 0 Å². The van der Waals surface area contributed by atoms with Crippen molar-refractivity contribution in [2.75, 3.05) is 11.9 Å². The summed E-state index contributed by atoms with van der Waals surface area (Å²) in [6.07, 6.45) is 4.54. The number of fused-ring (bicyclic) bond motifs is 1. The zero-order chi connectivity index (χ0) is 19.0. The largest absolute Gasteiger partial charge is 0.466 e. The fraction of sp³-hybridized carbons (Fsp3) is 0.500. The fourth-order valence-electron chi connectivity index (χ4n) is 3.16. The van der Waals surface area contributed by atoms with E-state index in [-0.39, 0.29) is 17.9 Å². The summed E-state index contributed by atoms with van der Waals surface area (Å²) < 4.78 is 12.7. The van der Waals surface area contributed by atoms with Gasteiger partial charge in [0.2, 0.25) is 5.89 Å². The molecule has 142 valence electrons. The summed E-state index contributed by atoms with van der Waals surface area (Å²) in [7, 11) is 0. The summed E-state index contributed by atoms with van der Waals surface area (Å²) >= 11 is 0. The zero-order valence-corrected chi connectivity index (χ0v) is 15.6. The third kappa shape index (κ3) is 3.24. The van der Waals surface area contributed by atoms with Gasteiger partial charge in [0.1, 0.15) is 0 Å². The summed E-state index contributed by atoms with van der Waals surface area (Å²) in [5.74, 6) is 0.907.